The van der Waals surface area contributed by atoms with Crippen molar-refractivity contribution in [3.05, 3.63) is 46.6 Å². The first kappa shape index (κ1) is 11.8. The van der Waals surface area contributed by atoms with Gasteiger partial charge in [0.05, 0.1) is 5.69 Å². The molecule has 2 aromatic heterocycles. The van der Waals surface area contributed by atoms with Gasteiger partial charge < -0.3 is 10.7 Å². The lowest BCUT2D eigenvalue weighted by Gasteiger charge is -2.05. The fraction of sp³-hybridized carbons (Fsp3) is 0.182. The van der Waals surface area contributed by atoms with E-state index in [0.717, 1.165) is 10.6 Å². The highest BCUT2D eigenvalue weighted by atomic mass is 32.2. The SMILES string of the molecule is CC(N)c1ccc(Sc2nccc(=O)[nH]2)cn1. The first-order valence-corrected chi connectivity index (χ1v) is 5.91. The van der Waals surface area contributed by atoms with E-state index in [1.807, 2.05) is 19.1 Å². The van der Waals surface area contributed by atoms with Crippen molar-refractivity contribution in [1.82, 2.24) is 15.0 Å². The van der Waals surface area contributed by atoms with Crippen LogP contribution in [0.25, 0.3) is 0 Å². The van der Waals surface area contributed by atoms with E-state index >= 15 is 0 Å². The Morgan fingerprint density at radius 1 is 1.35 bits per heavy atom. The second-order valence-corrected chi connectivity index (χ2v) is 4.61. The summed E-state index contributed by atoms with van der Waals surface area (Å²) in [7, 11) is 0. The fourth-order valence-corrected chi connectivity index (χ4v) is 1.97. The van der Waals surface area contributed by atoms with Gasteiger partial charge >= 0.3 is 0 Å². The smallest absolute Gasteiger partial charge is 0.251 e. The molecule has 0 aromatic carbocycles. The van der Waals surface area contributed by atoms with Gasteiger partial charge in [-0.05, 0) is 19.1 Å². The molecule has 0 radical (unpaired) electrons. The molecular formula is C11H12N4OS. The molecule has 0 saturated heterocycles. The highest BCUT2D eigenvalue weighted by molar-refractivity contribution is 7.99. The van der Waals surface area contributed by atoms with Crippen LogP contribution in [0.2, 0.25) is 0 Å². The third kappa shape index (κ3) is 3.15. The average Bonchev–Trinajstić information content (AvgIpc) is 2.29. The fourth-order valence-electron chi connectivity index (χ4n) is 1.24. The van der Waals surface area contributed by atoms with Gasteiger partial charge in [-0.2, -0.15) is 0 Å². The number of nitrogens with two attached hydrogens (primary N) is 1. The predicted molar refractivity (Wildman–Crippen MR) is 65.8 cm³/mol. The Kier molecular flexibility index (Phi) is 3.55. The van der Waals surface area contributed by atoms with Gasteiger partial charge in [0.1, 0.15) is 0 Å². The van der Waals surface area contributed by atoms with Crippen molar-refractivity contribution < 1.29 is 0 Å². The van der Waals surface area contributed by atoms with Crippen molar-refractivity contribution in [2.24, 2.45) is 5.73 Å². The number of nitrogens with zero attached hydrogens (tertiary/aromatic N) is 2. The Balaban J connectivity index is 2.16. The van der Waals surface area contributed by atoms with Gasteiger partial charge in [-0.25, -0.2) is 4.98 Å². The summed E-state index contributed by atoms with van der Waals surface area (Å²) in [5, 5.41) is 0.549. The summed E-state index contributed by atoms with van der Waals surface area (Å²) in [5.74, 6) is 0. The number of H-pyrrole nitrogens is 1. The highest BCUT2D eigenvalue weighted by Crippen LogP contribution is 2.23. The third-order valence-electron chi connectivity index (χ3n) is 2.09. The lowest BCUT2D eigenvalue weighted by molar-refractivity contribution is 0.777. The van der Waals surface area contributed by atoms with Gasteiger partial charge in [0.15, 0.2) is 5.16 Å². The molecule has 1 atom stereocenters. The number of nitrogens with one attached hydrogen (secondary N) is 1. The van der Waals surface area contributed by atoms with Crippen molar-refractivity contribution in [2.75, 3.05) is 0 Å². The maximum atomic E-state index is 11.1. The quantitative estimate of drug-likeness (QED) is 0.801. The summed E-state index contributed by atoms with van der Waals surface area (Å²) in [6.07, 6.45) is 3.20. The maximum Gasteiger partial charge on any atom is 0.251 e. The molecule has 0 aliphatic rings. The molecule has 6 heteroatoms. The van der Waals surface area contributed by atoms with E-state index in [-0.39, 0.29) is 11.6 Å². The largest absolute Gasteiger partial charge is 0.323 e. The van der Waals surface area contributed by atoms with Crippen LogP contribution in [0.3, 0.4) is 0 Å². The van der Waals surface area contributed by atoms with E-state index in [4.69, 9.17) is 5.73 Å². The summed E-state index contributed by atoms with van der Waals surface area (Å²) in [5.41, 5.74) is 6.38. The van der Waals surface area contributed by atoms with Gasteiger partial charge in [-0.1, -0.05) is 11.8 Å². The molecule has 5 nitrogen and oxygen atoms in total. The molecule has 0 spiro atoms. The van der Waals surface area contributed by atoms with Crippen molar-refractivity contribution >= 4 is 11.8 Å². The molecule has 0 amide bonds. The zero-order chi connectivity index (χ0) is 12.3. The zero-order valence-electron chi connectivity index (χ0n) is 9.25. The molecule has 0 aliphatic heterocycles. The average molecular weight is 248 g/mol. The van der Waals surface area contributed by atoms with Crippen LogP contribution in [-0.2, 0) is 0 Å². The van der Waals surface area contributed by atoms with E-state index in [2.05, 4.69) is 15.0 Å². The van der Waals surface area contributed by atoms with Crippen LogP contribution in [0.1, 0.15) is 18.7 Å². The minimum atomic E-state index is -0.164. The highest BCUT2D eigenvalue weighted by Gasteiger charge is 2.03. The Labute approximate surface area is 103 Å². The molecule has 0 fully saturated rings. The van der Waals surface area contributed by atoms with Crippen LogP contribution < -0.4 is 11.3 Å². The standard InChI is InChI=1S/C11H12N4OS/c1-7(12)9-3-2-8(6-14-9)17-11-13-5-4-10(16)15-11/h2-7H,12H2,1H3,(H,13,15,16). The first-order valence-electron chi connectivity index (χ1n) is 5.10. The molecule has 17 heavy (non-hydrogen) atoms. The summed E-state index contributed by atoms with van der Waals surface area (Å²) in [6.45, 7) is 1.88. The molecular weight excluding hydrogens is 236 g/mol. The molecule has 0 saturated carbocycles. The van der Waals surface area contributed by atoms with E-state index in [1.165, 1.54) is 24.0 Å². The summed E-state index contributed by atoms with van der Waals surface area (Å²) < 4.78 is 0. The van der Waals surface area contributed by atoms with Gasteiger partial charge in [0.2, 0.25) is 0 Å². The number of hydrogen-bond acceptors (Lipinski definition) is 5. The van der Waals surface area contributed by atoms with Crippen molar-refractivity contribution in [3.8, 4) is 0 Å². The molecule has 3 N–H and O–H groups in total. The lowest BCUT2D eigenvalue weighted by atomic mass is 10.2. The van der Waals surface area contributed by atoms with Gasteiger partial charge in [-0.3, -0.25) is 9.78 Å². The molecule has 2 aromatic rings. The van der Waals surface area contributed by atoms with Crippen LogP contribution >= 0.6 is 11.8 Å². The number of rotatable bonds is 3. The van der Waals surface area contributed by atoms with Crippen LogP contribution in [0.15, 0.2) is 45.4 Å². The molecule has 2 heterocycles. The zero-order valence-corrected chi connectivity index (χ0v) is 10.1. The van der Waals surface area contributed by atoms with E-state index in [0.29, 0.717) is 5.16 Å². The number of pyridine rings is 1. The number of aromatic nitrogens is 3. The van der Waals surface area contributed by atoms with Gasteiger partial charge in [0.25, 0.3) is 5.56 Å². The van der Waals surface area contributed by atoms with Crippen LogP contribution in [0, 0.1) is 0 Å². The van der Waals surface area contributed by atoms with Gasteiger partial charge in [0, 0.05) is 29.4 Å². The molecule has 1 unspecified atom stereocenters. The van der Waals surface area contributed by atoms with Gasteiger partial charge in [-0.15, -0.1) is 0 Å². The molecule has 0 bridgehead atoms. The van der Waals surface area contributed by atoms with Crippen molar-refractivity contribution in [1.29, 1.82) is 0 Å². The van der Waals surface area contributed by atoms with E-state index < -0.39 is 0 Å². The minimum Gasteiger partial charge on any atom is -0.323 e. The van der Waals surface area contributed by atoms with E-state index in [9.17, 15) is 4.79 Å². The Morgan fingerprint density at radius 3 is 2.76 bits per heavy atom. The van der Waals surface area contributed by atoms with E-state index in [1.54, 1.807) is 6.20 Å². The second-order valence-electron chi connectivity index (χ2n) is 3.55. The van der Waals surface area contributed by atoms with Crippen molar-refractivity contribution in [3.63, 3.8) is 0 Å². The van der Waals surface area contributed by atoms with Crippen LogP contribution in [0.4, 0.5) is 0 Å². The summed E-state index contributed by atoms with van der Waals surface area (Å²) in [4.78, 5) is 22.9. The molecule has 88 valence electrons. The molecule has 2 rings (SSSR count). The Morgan fingerprint density at radius 2 is 2.18 bits per heavy atom. The first-order chi connectivity index (χ1) is 8.15. The topological polar surface area (TPSA) is 84.7 Å². The third-order valence-corrected chi connectivity index (χ3v) is 2.97. The van der Waals surface area contributed by atoms with Crippen molar-refractivity contribution in [2.45, 2.75) is 23.0 Å². The summed E-state index contributed by atoms with van der Waals surface area (Å²) >= 11 is 1.35. The predicted octanol–water partition coefficient (Wildman–Crippen LogP) is 1.34. The normalized spacial score (nSPS) is 12.4. The second kappa shape index (κ2) is 5.11. The van der Waals surface area contributed by atoms with Crippen LogP contribution in [0.5, 0.6) is 0 Å². The maximum absolute atomic E-state index is 11.1. The Hall–Kier alpha value is -1.66. The number of hydrogen-bond donors (Lipinski definition) is 2. The Bertz CT molecular complexity index is 550. The summed E-state index contributed by atoms with van der Waals surface area (Å²) in [6, 6.07) is 5.07. The lowest BCUT2D eigenvalue weighted by Crippen LogP contribution is -2.07. The number of aromatic amines is 1. The molecule has 0 aliphatic carbocycles. The monoisotopic (exact) mass is 248 g/mol. The van der Waals surface area contributed by atoms with Crippen LogP contribution in [-0.4, -0.2) is 15.0 Å². The minimum absolute atomic E-state index is 0.0799.